The fourth-order valence-electron chi connectivity index (χ4n) is 1.94. The van der Waals surface area contributed by atoms with Crippen LogP contribution < -0.4 is 11.1 Å². The Kier molecular flexibility index (Phi) is 2.04. The van der Waals surface area contributed by atoms with Gasteiger partial charge in [0.25, 0.3) is 0 Å². The summed E-state index contributed by atoms with van der Waals surface area (Å²) in [5, 5.41) is 9.56. The lowest BCUT2D eigenvalue weighted by Crippen LogP contribution is -2.13. The van der Waals surface area contributed by atoms with Gasteiger partial charge >= 0.3 is 5.63 Å². The van der Waals surface area contributed by atoms with Gasteiger partial charge in [0.05, 0.1) is 5.39 Å². The summed E-state index contributed by atoms with van der Waals surface area (Å²) in [4.78, 5) is 26.5. The maximum Gasteiger partial charge on any atom is 0.360 e. The summed E-state index contributed by atoms with van der Waals surface area (Å²) in [5.41, 5.74) is -0.702. The van der Waals surface area contributed by atoms with Gasteiger partial charge in [0.2, 0.25) is 5.43 Å². The highest BCUT2D eigenvalue weighted by Gasteiger charge is 2.12. The molecule has 0 aliphatic heterocycles. The van der Waals surface area contributed by atoms with Gasteiger partial charge in [-0.1, -0.05) is 18.2 Å². The van der Waals surface area contributed by atoms with Crippen molar-refractivity contribution < 1.29 is 4.42 Å². The maximum atomic E-state index is 12.1. The molecule has 0 atom stereocenters. The van der Waals surface area contributed by atoms with Gasteiger partial charge in [-0.3, -0.25) is 4.79 Å². The molecule has 5 heteroatoms. The third kappa shape index (κ3) is 1.26. The number of nitrogens with zero attached hydrogens (tertiary/aromatic N) is 1. The number of nitrogens with one attached hydrogen (secondary N) is 1. The van der Waals surface area contributed by atoms with Crippen molar-refractivity contribution in [3.05, 3.63) is 56.7 Å². The van der Waals surface area contributed by atoms with E-state index in [1.807, 2.05) is 0 Å². The number of benzene rings is 1. The lowest BCUT2D eigenvalue weighted by Gasteiger charge is -2.01. The zero-order chi connectivity index (χ0) is 12.7. The van der Waals surface area contributed by atoms with Crippen molar-refractivity contribution in [2.45, 2.75) is 0 Å². The number of para-hydroxylation sites is 1. The number of rotatable bonds is 0. The fourth-order valence-corrected chi connectivity index (χ4v) is 1.94. The first-order chi connectivity index (χ1) is 8.72. The van der Waals surface area contributed by atoms with Crippen LogP contribution in [0.5, 0.6) is 0 Å². The summed E-state index contributed by atoms with van der Waals surface area (Å²) in [6, 6.07) is 8.52. The number of aromatic nitrogens is 1. The average molecular weight is 238 g/mol. The Morgan fingerprint density at radius 2 is 2.00 bits per heavy atom. The summed E-state index contributed by atoms with van der Waals surface area (Å²) < 4.78 is 5.09. The van der Waals surface area contributed by atoms with Crippen molar-refractivity contribution in [1.82, 2.24) is 4.98 Å². The van der Waals surface area contributed by atoms with Gasteiger partial charge in [-0.25, -0.2) is 4.79 Å². The molecule has 0 aliphatic carbocycles. The molecular formula is C13H6N2O3. The Balaban J connectivity index is 2.75. The number of fused-ring (bicyclic) bond motifs is 3. The Labute approximate surface area is 99.9 Å². The lowest BCUT2D eigenvalue weighted by atomic mass is 10.1. The molecule has 0 bridgehead atoms. The highest BCUT2D eigenvalue weighted by Crippen LogP contribution is 2.18. The summed E-state index contributed by atoms with van der Waals surface area (Å²) >= 11 is 0. The van der Waals surface area contributed by atoms with Crippen molar-refractivity contribution in [1.29, 1.82) is 5.26 Å². The van der Waals surface area contributed by atoms with Gasteiger partial charge in [-0.15, -0.1) is 0 Å². The summed E-state index contributed by atoms with van der Waals surface area (Å²) in [5.74, 6) is 0. The molecule has 0 unspecified atom stereocenters. The van der Waals surface area contributed by atoms with E-state index in [1.54, 1.807) is 30.3 Å². The SMILES string of the molecule is N#Cc1c[nH]c2c(=O)oc3ccccc3c2c1=O. The molecule has 1 N–H and O–H groups in total. The molecular weight excluding hydrogens is 232 g/mol. The predicted molar refractivity (Wildman–Crippen MR) is 65.3 cm³/mol. The van der Waals surface area contributed by atoms with Crippen LogP contribution in [0.3, 0.4) is 0 Å². The van der Waals surface area contributed by atoms with Crippen LogP contribution in [0.15, 0.2) is 44.5 Å². The van der Waals surface area contributed by atoms with Crippen molar-refractivity contribution in [2.75, 3.05) is 0 Å². The van der Waals surface area contributed by atoms with Crippen LogP contribution in [-0.2, 0) is 0 Å². The van der Waals surface area contributed by atoms with Crippen LogP contribution in [0.2, 0.25) is 0 Å². The predicted octanol–water partition coefficient (Wildman–Crippen LogP) is 1.51. The maximum absolute atomic E-state index is 12.1. The molecule has 0 aliphatic rings. The molecule has 0 saturated heterocycles. The molecule has 0 fully saturated rings. The first-order valence-electron chi connectivity index (χ1n) is 5.19. The number of nitriles is 1. The van der Waals surface area contributed by atoms with E-state index in [0.717, 1.165) is 0 Å². The monoisotopic (exact) mass is 238 g/mol. The highest BCUT2D eigenvalue weighted by molar-refractivity contribution is 6.02. The molecule has 0 saturated carbocycles. The van der Waals surface area contributed by atoms with Gasteiger partial charge in [-0.2, -0.15) is 5.26 Å². The topological polar surface area (TPSA) is 86.9 Å². The minimum absolute atomic E-state index is 0.0294. The number of hydrogen-bond acceptors (Lipinski definition) is 4. The highest BCUT2D eigenvalue weighted by atomic mass is 16.4. The first-order valence-corrected chi connectivity index (χ1v) is 5.19. The normalized spacial score (nSPS) is 10.6. The van der Waals surface area contributed by atoms with E-state index in [1.165, 1.54) is 6.20 Å². The quantitative estimate of drug-likeness (QED) is 0.475. The second-order valence-electron chi connectivity index (χ2n) is 3.78. The molecule has 0 spiro atoms. The molecule has 3 rings (SSSR count). The lowest BCUT2D eigenvalue weighted by molar-refractivity contribution is 0.568. The Morgan fingerprint density at radius 1 is 1.22 bits per heavy atom. The van der Waals surface area contributed by atoms with Crippen LogP contribution in [0, 0.1) is 11.3 Å². The fraction of sp³-hybridized carbons (Fsp3) is 0. The van der Waals surface area contributed by atoms with Gasteiger partial charge < -0.3 is 9.40 Å². The van der Waals surface area contributed by atoms with E-state index < -0.39 is 11.1 Å². The molecule has 0 amide bonds. The number of H-pyrrole nitrogens is 1. The van der Waals surface area contributed by atoms with Crippen LogP contribution in [-0.4, -0.2) is 4.98 Å². The second-order valence-corrected chi connectivity index (χ2v) is 3.78. The Bertz CT molecular complexity index is 929. The largest absolute Gasteiger partial charge is 0.421 e. The van der Waals surface area contributed by atoms with Crippen LogP contribution in [0.4, 0.5) is 0 Å². The zero-order valence-corrected chi connectivity index (χ0v) is 9.06. The van der Waals surface area contributed by atoms with E-state index in [0.29, 0.717) is 11.0 Å². The van der Waals surface area contributed by atoms with Gasteiger partial charge in [0, 0.05) is 11.6 Å². The van der Waals surface area contributed by atoms with Crippen molar-refractivity contribution in [2.24, 2.45) is 0 Å². The third-order valence-electron chi connectivity index (χ3n) is 2.77. The van der Waals surface area contributed by atoms with Gasteiger partial charge in [-0.05, 0) is 6.07 Å². The standard InChI is InChI=1S/C13H6N2O3/c14-5-7-6-15-11-10(12(7)16)8-3-1-2-4-9(8)18-13(11)17/h1-4,6H,(H,15,16). The number of hydrogen-bond donors (Lipinski definition) is 1. The average Bonchev–Trinajstić information content (AvgIpc) is 2.39. The summed E-state index contributed by atoms with van der Waals surface area (Å²) in [6.45, 7) is 0. The van der Waals surface area contributed by atoms with Crippen molar-refractivity contribution in [3.63, 3.8) is 0 Å². The van der Waals surface area contributed by atoms with Gasteiger partial charge in [0.1, 0.15) is 22.7 Å². The van der Waals surface area contributed by atoms with Crippen LogP contribution >= 0.6 is 0 Å². The van der Waals surface area contributed by atoms with E-state index in [-0.39, 0.29) is 16.5 Å². The molecule has 3 aromatic rings. The van der Waals surface area contributed by atoms with Crippen molar-refractivity contribution >= 4 is 21.9 Å². The Hall–Kier alpha value is -2.87. The minimum atomic E-state index is -0.620. The molecule has 2 aromatic heterocycles. The molecule has 5 nitrogen and oxygen atoms in total. The summed E-state index contributed by atoms with van der Waals surface area (Å²) in [7, 11) is 0. The molecule has 1 aromatic carbocycles. The van der Waals surface area contributed by atoms with E-state index >= 15 is 0 Å². The zero-order valence-electron chi connectivity index (χ0n) is 9.06. The van der Waals surface area contributed by atoms with Crippen LogP contribution in [0.25, 0.3) is 21.9 Å². The smallest absolute Gasteiger partial charge is 0.360 e. The third-order valence-corrected chi connectivity index (χ3v) is 2.77. The van der Waals surface area contributed by atoms with Gasteiger partial charge in [0.15, 0.2) is 0 Å². The molecule has 2 heterocycles. The van der Waals surface area contributed by atoms with E-state index in [4.69, 9.17) is 9.68 Å². The minimum Gasteiger partial charge on any atom is -0.421 e. The number of pyridine rings is 1. The number of aromatic amines is 1. The van der Waals surface area contributed by atoms with Crippen LogP contribution in [0.1, 0.15) is 5.56 Å². The van der Waals surface area contributed by atoms with E-state index in [2.05, 4.69) is 4.98 Å². The first kappa shape index (κ1) is 10.3. The molecule has 18 heavy (non-hydrogen) atoms. The second kappa shape index (κ2) is 3.57. The van der Waals surface area contributed by atoms with E-state index in [9.17, 15) is 9.59 Å². The molecule has 0 radical (unpaired) electrons. The van der Waals surface area contributed by atoms with Crippen molar-refractivity contribution in [3.8, 4) is 6.07 Å². The summed E-state index contributed by atoms with van der Waals surface area (Å²) in [6.07, 6.45) is 1.22. The molecule has 86 valence electrons. The Morgan fingerprint density at radius 3 is 2.78 bits per heavy atom.